The molecule has 1 aliphatic rings. The molecule has 1 aliphatic heterocycles. The van der Waals surface area contributed by atoms with E-state index in [1.807, 2.05) is 0 Å². The van der Waals surface area contributed by atoms with E-state index in [9.17, 15) is 14.4 Å². The molecule has 1 aromatic carbocycles. The van der Waals surface area contributed by atoms with Gasteiger partial charge >= 0.3 is 6.03 Å². The Labute approximate surface area is 190 Å². The Balaban J connectivity index is 1.87. The van der Waals surface area contributed by atoms with Crippen LogP contribution in [0.15, 0.2) is 38.4 Å². The van der Waals surface area contributed by atoms with Gasteiger partial charge in [0.1, 0.15) is 10.6 Å². The van der Waals surface area contributed by atoms with Crippen molar-refractivity contribution in [2.45, 2.75) is 34.4 Å². The summed E-state index contributed by atoms with van der Waals surface area (Å²) in [5, 5.41) is 2.40. The lowest BCUT2D eigenvalue weighted by Gasteiger charge is -2.16. The van der Waals surface area contributed by atoms with Crippen LogP contribution in [-0.4, -0.2) is 39.6 Å². The first kappa shape index (κ1) is 21.7. The number of nitrogens with two attached hydrogens (primary N) is 1. The Morgan fingerprint density at radius 1 is 1.32 bits per heavy atom. The summed E-state index contributed by atoms with van der Waals surface area (Å²) in [5.74, 6) is 1.14. The highest BCUT2D eigenvalue weighted by atomic mass is 32.2. The third-order valence-corrected chi connectivity index (χ3v) is 8.37. The lowest BCUT2D eigenvalue weighted by molar-refractivity contribution is -0.119. The molecule has 0 aliphatic carbocycles. The molecule has 31 heavy (non-hydrogen) atoms. The number of thioether (sulfide) groups is 2. The molecule has 0 fully saturated rings. The van der Waals surface area contributed by atoms with Gasteiger partial charge in [-0.2, -0.15) is 0 Å². The number of fused-ring (bicyclic) bond motifs is 3. The first-order chi connectivity index (χ1) is 14.9. The fourth-order valence-electron chi connectivity index (χ4n) is 3.30. The average Bonchev–Trinajstić information content (AvgIpc) is 3.12. The average molecular weight is 477 g/mol. The van der Waals surface area contributed by atoms with Gasteiger partial charge in [0.25, 0.3) is 5.56 Å². The minimum atomic E-state index is -0.920. The van der Waals surface area contributed by atoms with Crippen LogP contribution in [0.5, 0.6) is 5.75 Å². The maximum Gasteiger partial charge on any atom is 0.318 e. The number of primary amides is 1. The van der Waals surface area contributed by atoms with Crippen LogP contribution >= 0.6 is 34.9 Å². The molecule has 3 aromatic rings. The second-order valence-corrected chi connectivity index (χ2v) is 10.5. The Morgan fingerprint density at radius 2 is 2.06 bits per heavy atom. The molecule has 0 saturated heterocycles. The summed E-state index contributed by atoms with van der Waals surface area (Å²) >= 11 is 4.37. The second-order valence-electron chi connectivity index (χ2n) is 6.85. The quantitative estimate of drug-likeness (QED) is 0.429. The molecule has 3 N–H and O–H groups in total. The summed E-state index contributed by atoms with van der Waals surface area (Å²) < 4.78 is 7.88. The van der Waals surface area contributed by atoms with E-state index in [0.29, 0.717) is 26.8 Å². The van der Waals surface area contributed by atoms with Crippen LogP contribution in [0.4, 0.5) is 4.79 Å². The van der Waals surface area contributed by atoms with Crippen molar-refractivity contribution < 1.29 is 14.3 Å². The lowest BCUT2D eigenvalue weighted by atomic mass is 10.1. The number of ether oxygens (including phenoxy) is 1. The number of amides is 3. The van der Waals surface area contributed by atoms with Gasteiger partial charge in [0, 0.05) is 0 Å². The summed E-state index contributed by atoms with van der Waals surface area (Å²) in [7, 11) is 1.57. The number of hydrogen-bond acceptors (Lipinski definition) is 8. The molecule has 0 radical (unpaired) electrons. The van der Waals surface area contributed by atoms with Gasteiger partial charge in [-0.3, -0.25) is 19.5 Å². The van der Waals surface area contributed by atoms with E-state index in [1.165, 1.54) is 15.9 Å². The minimum Gasteiger partial charge on any atom is -0.497 e. The molecule has 2 aromatic heterocycles. The zero-order valence-electron chi connectivity index (χ0n) is 16.8. The normalized spacial score (nSPS) is 14.1. The molecule has 3 amide bonds. The van der Waals surface area contributed by atoms with Gasteiger partial charge in [-0.15, -0.1) is 23.1 Å². The molecule has 1 atom stereocenters. The van der Waals surface area contributed by atoms with E-state index in [0.717, 1.165) is 40.1 Å². The van der Waals surface area contributed by atoms with Crippen molar-refractivity contribution in [2.24, 2.45) is 5.73 Å². The van der Waals surface area contributed by atoms with Crippen molar-refractivity contribution in [2.75, 3.05) is 12.9 Å². The standard InChI is InChI=1S/C20H20N4O4S3/c1-10(15(25)22-19(21)27)30-20-23-16-14(13-4-3-9-29-18(13)31-16)17(26)24(20)11-5-7-12(28-2)8-6-11/h5-8,10H,3-4,9H2,1-2H3,(H3,21,22,25,27)/t10-/m0/s1. The Morgan fingerprint density at radius 3 is 2.74 bits per heavy atom. The van der Waals surface area contributed by atoms with E-state index in [4.69, 9.17) is 15.5 Å². The lowest BCUT2D eigenvalue weighted by Crippen LogP contribution is -2.39. The van der Waals surface area contributed by atoms with E-state index >= 15 is 0 Å². The molecule has 8 nitrogen and oxygen atoms in total. The van der Waals surface area contributed by atoms with Crippen LogP contribution in [0.2, 0.25) is 0 Å². The van der Waals surface area contributed by atoms with Gasteiger partial charge in [0.2, 0.25) is 5.91 Å². The van der Waals surface area contributed by atoms with Crippen LogP contribution < -0.4 is 21.3 Å². The molecular weight excluding hydrogens is 456 g/mol. The summed E-state index contributed by atoms with van der Waals surface area (Å²) in [5.41, 5.74) is 6.58. The number of nitrogens with zero attached hydrogens (tertiary/aromatic N) is 2. The summed E-state index contributed by atoms with van der Waals surface area (Å²) in [4.78, 5) is 42.4. The predicted molar refractivity (Wildman–Crippen MR) is 124 cm³/mol. The summed E-state index contributed by atoms with van der Waals surface area (Å²) in [6.45, 7) is 1.63. The number of carbonyl (C=O) groups excluding carboxylic acids is 2. The SMILES string of the molecule is COc1ccc(-n2c(S[C@@H](C)C(=O)NC(N)=O)nc3sc4c(c3c2=O)CCCS4)cc1. The van der Waals surface area contributed by atoms with Crippen LogP contribution in [-0.2, 0) is 11.2 Å². The van der Waals surface area contributed by atoms with Crippen LogP contribution in [0, 0.1) is 0 Å². The zero-order chi connectivity index (χ0) is 22.1. The minimum absolute atomic E-state index is 0.167. The van der Waals surface area contributed by atoms with Gasteiger partial charge in [-0.05, 0) is 55.3 Å². The molecule has 0 spiro atoms. The topological polar surface area (TPSA) is 116 Å². The Kier molecular flexibility index (Phi) is 6.26. The molecule has 0 unspecified atom stereocenters. The van der Waals surface area contributed by atoms with Gasteiger partial charge in [-0.25, -0.2) is 9.78 Å². The zero-order valence-corrected chi connectivity index (χ0v) is 19.3. The first-order valence-electron chi connectivity index (χ1n) is 9.51. The second kappa shape index (κ2) is 8.93. The van der Waals surface area contributed by atoms with Crippen LogP contribution in [0.25, 0.3) is 15.9 Å². The number of nitrogens with one attached hydrogen (secondary N) is 1. The number of carbonyl (C=O) groups is 2. The first-order valence-corrected chi connectivity index (χ1v) is 12.2. The Bertz CT molecular complexity index is 1220. The van der Waals surface area contributed by atoms with Crippen LogP contribution in [0.1, 0.15) is 18.9 Å². The highest BCUT2D eigenvalue weighted by Crippen LogP contribution is 2.41. The third-order valence-electron chi connectivity index (χ3n) is 4.79. The van der Waals surface area contributed by atoms with Crippen molar-refractivity contribution in [3.63, 3.8) is 0 Å². The van der Waals surface area contributed by atoms with Gasteiger partial charge in [0.15, 0.2) is 5.16 Å². The molecule has 0 bridgehead atoms. The van der Waals surface area contributed by atoms with Crippen molar-refractivity contribution in [1.29, 1.82) is 0 Å². The number of rotatable bonds is 5. The van der Waals surface area contributed by atoms with Gasteiger partial charge < -0.3 is 10.5 Å². The summed E-state index contributed by atoms with van der Waals surface area (Å²) in [6.07, 6.45) is 1.87. The fourth-order valence-corrected chi connectivity index (χ4v) is 6.80. The molecule has 4 rings (SSSR count). The number of methoxy groups -OCH3 is 1. The van der Waals surface area contributed by atoms with Crippen molar-refractivity contribution in [3.8, 4) is 11.4 Å². The molecule has 0 saturated carbocycles. The molecular formula is C20H20N4O4S3. The number of thiophene rings is 1. The van der Waals surface area contributed by atoms with Crippen LogP contribution in [0.3, 0.4) is 0 Å². The number of aryl methyl sites for hydroxylation is 1. The maximum absolute atomic E-state index is 13.7. The molecule has 3 heterocycles. The van der Waals surface area contributed by atoms with E-state index in [2.05, 4.69) is 5.32 Å². The fraction of sp³-hybridized carbons (Fsp3) is 0.300. The molecule has 11 heteroatoms. The van der Waals surface area contributed by atoms with Crippen molar-refractivity contribution >= 4 is 57.0 Å². The number of benzene rings is 1. The van der Waals surface area contributed by atoms with Crippen molar-refractivity contribution in [1.82, 2.24) is 14.9 Å². The maximum atomic E-state index is 13.7. The number of imide groups is 1. The predicted octanol–water partition coefficient (Wildman–Crippen LogP) is 3.17. The number of hydrogen-bond donors (Lipinski definition) is 2. The smallest absolute Gasteiger partial charge is 0.318 e. The number of urea groups is 1. The highest BCUT2D eigenvalue weighted by Gasteiger charge is 2.25. The van der Waals surface area contributed by atoms with Crippen molar-refractivity contribution in [3.05, 3.63) is 40.2 Å². The monoisotopic (exact) mass is 476 g/mol. The van der Waals surface area contributed by atoms with E-state index < -0.39 is 17.2 Å². The van der Waals surface area contributed by atoms with E-state index in [1.54, 1.807) is 50.1 Å². The van der Waals surface area contributed by atoms with E-state index in [-0.39, 0.29) is 5.56 Å². The summed E-state index contributed by atoms with van der Waals surface area (Å²) in [6, 6.07) is 6.17. The third kappa shape index (κ3) is 4.30. The number of aromatic nitrogens is 2. The van der Waals surface area contributed by atoms with Gasteiger partial charge in [-0.1, -0.05) is 11.8 Å². The molecule has 162 valence electrons. The van der Waals surface area contributed by atoms with Gasteiger partial charge in [0.05, 0.1) is 27.6 Å². The Hall–Kier alpha value is -2.50. The highest BCUT2D eigenvalue weighted by molar-refractivity contribution is 8.01. The largest absolute Gasteiger partial charge is 0.497 e.